The van der Waals surface area contributed by atoms with Gasteiger partial charge in [-0.25, -0.2) is 4.98 Å². The van der Waals surface area contributed by atoms with E-state index in [9.17, 15) is 0 Å². The topological polar surface area (TPSA) is 75.9 Å². The highest BCUT2D eigenvalue weighted by molar-refractivity contribution is 5.50. The molecule has 0 atom stereocenters. The zero-order valence-electron chi connectivity index (χ0n) is 10.6. The van der Waals surface area contributed by atoms with Crippen molar-refractivity contribution in [3.63, 3.8) is 0 Å². The normalized spacial score (nSPS) is 14.8. The second-order valence-corrected chi connectivity index (χ2v) is 4.89. The number of nitrogen functional groups attached to an aromatic ring is 1. The summed E-state index contributed by atoms with van der Waals surface area (Å²) in [5, 5.41) is 6.71. The average Bonchev–Trinajstić information content (AvgIpc) is 2.28. The fourth-order valence-corrected chi connectivity index (χ4v) is 1.99. The molecule has 1 aliphatic heterocycles. The first-order valence-electron chi connectivity index (χ1n) is 6.26. The smallest absolute Gasteiger partial charge is 0.222 e. The van der Waals surface area contributed by atoms with Gasteiger partial charge in [0.2, 0.25) is 5.95 Å². The summed E-state index contributed by atoms with van der Waals surface area (Å²) in [5.41, 5.74) is 7.99. The molecule has 0 saturated carbocycles. The van der Waals surface area contributed by atoms with Crippen LogP contribution in [0.15, 0.2) is 0 Å². The minimum Gasteiger partial charge on any atom is -0.370 e. The minimum atomic E-state index is 0.373. The fraction of sp³-hybridized carbons (Fsp3) is 0.667. The van der Waals surface area contributed by atoms with Gasteiger partial charge in [-0.2, -0.15) is 4.98 Å². The van der Waals surface area contributed by atoms with Gasteiger partial charge in [0, 0.05) is 31.6 Å². The molecule has 1 aromatic rings. The van der Waals surface area contributed by atoms with E-state index in [4.69, 9.17) is 5.73 Å². The molecule has 94 valence electrons. The van der Waals surface area contributed by atoms with Gasteiger partial charge in [-0.1, -0.05) is 13.8 Å². The van der Waals surface area contributed by atoms with Gasteiger partial charge < -0.3 is 16.4 Å². The van der Waals surface area contributed by atoms with Crippen LogP contribution in [0.2, 0.25) is 0 Å². The summed E-state index contributed by atoms with van der Waals surface area (Å²) in [6.07, 6.45) is 2.06. The lowest BCUT2D eigenvalue weighted by Gasteiger charge is -2.20. The summed E-state index contributed by atoms with van der Waals surface area (Å²) in [6.45, 7) is 7.16. The van der Waals surface area contributed by atoms with Crippen LogP contribution in [0.5, 0.6) is 0 Å². The SMILES string of the molecule is CC(C)CCNc1nc(N)nc2c1CNCC2. The van der Waals surface area contributed by atoms with E-state index in [-0.39, 0.29) is 0 Å². The highest BCUT2D eigenvalue weighted by Crippen LogP contribution is 2.20. The summed E-state index contributed by atoms with van der Waals surface area (Å²) in [7, 11) is 0. The molecule has 4 N–H and O–H groups in total. The molecule has 1 aliphatic rings. The van der Waals surface area contributed by atoms with Gasteiger partial charge in [-0.15, -0.1) is 0 Å². The molecule has 0 unspecified atom stereocenters. The lowest BCUT2D eigenvalue weighted by atomic mass is 10.1. The monoisotopic (exact) mass is 235 g/mol. The molecule has 5 heteroatoms. The van der Waals surface area contributed by atoms with Crippen molar-refractivity contribution in [1.29, 1.82) is 0 Å². The van der Waals surface area contributed by atoms with E-state index in [1.807, 2.05) is 0 Å². The quantitative estimate of drug-likeness (QED) is 0.730. The van der Waals surface area contributed by atoms with Crippen molar-refractivity contribution in [2.45, 2.75) is 33.2 Å². The molecular formula is C12H21N5. The predicted octanol–water partition coefficient (Wildman–Crippen LogP) is 1.16. The zero-order chi connectivity index (χ0) is 12.3. The summed E-state index contributed by atoms with van der Waals surface area (Å²) >= 11 is 0. The summed E-state index contributed by atoms with van der Waals surface area (Å²) in [4.78, 5) is 8.60. The molecule has 17 heavy (non-hydrogen) atoms. The number of nitrogens with one attached hydrogen (secondary N) is 2. The molecule has 0 radical (unpaired) electrons. The van der Waals surface area contributed by atoms with Crippen LogP contribution in [-0.4, -0.2) is 23.1 Å². The van der Waals surface area contributed by atoms with Gasteiger partial charge in [0.25, 0.3) is 0 Å². The second-order valence-electron chi connectivity index (χ2n) is 4.89. The van der Waals surface area contributed by atoms with Crippen molar-refractivity contribution in [2.75, 3.05) is 24.1 Å². The van der Waals surface area contributed by atoms with Crippen LogP contribution in [0.3, 0.4) is 0 Å². The van der Waals surface area contributed by atoms with Gasteiger partial charge in [-0.3, -0.25) is 0 Å². The molecule has 0 fully saturated rings. The Morgan fingerprint density at radius 1 is 1.41 bits per heavy atom. The van der Waals surface area contributed by atoms with Crippen LogP contribution in [-0.2, 0) is 13.0 Å². The number of anilines is 2. The molecule has 0 saturated heterocycles. The van der Waals surface area contributed by atoms with Gasteiger partial charge in [0.15, 0.2) is 0 Å². The largest absolute Gasteiger partial charge is 0.370 e. The number of rotatable bonds is 4. The minimum absolute atomic E-state index is 0.373. The Balaban J connectivity index is 2.12. The van der Waals surface area contributed by atoms with Crippen molar-refractivity contribution in [3.05, 3.63) is 11.3 Å². The van der Waals surface area contributed by atoms with E-state index in [2.05, 4.69) is 34.4 Å². The molecule has 1 aromatic heterocycles. The van der Waals surface area contributed by atoms with Crippen LogP contribution in [0, 0.1) is 5.92 Å². The van der Waals surface area contributed by atoms with Crippen molar-refractivity contribution in [3.8, 4) is 0 Å². The third-order valence-electron chi connectivity index (χ3n) is 2.96. The van der Waals surface area contributed by atoms with Crippen molar-refractivity contribution < 1.29 is 0 Å². The first-order chi connectivity index (χ1) is 8.16. The standard InChI is InChI=1S/C12H21N5/c1-8(2)3-6-15-11-9-7-14-5-4-10(9)16-12(13)17-11/h8,14H,3-7H2,1-2H3,(H3,13,15,16,17). The zero-order valence-corrected chi connectivity index (χ0v) is 10.6. The first-order valence-corrected chi connectivity index (χ1v) is 6.26. The number of aromatic nitrogens is 2. The molecule has 0 aromatic carbocycles. The Kier molecular flexibility index (Phi) is 3.78. The van der Waals surface area contributed by atoms with Crippen molar-refractivity contribution >= 4 is 11.8 Å². The Morgan fingerprint density at radius 2 is 2.24 bits per heavy atom. The van der Waals surface area contributed by atoms with E-state index >= 15 is 0 Å². The highest BCUT2D eigenvalue weighted by Gasteiger charge is 2.16. The van der Waals surface area contributed by atoms with Gasteiger partial charge in [-0.05, 0) is 12.3 Å². The Morgan fingerprint density at radius 3 is 3.00 bits per heavy atom. The third-order valence-corrected chi connectivity index (χ3v) is 2.96. The molecule has 0 spiro atoms. The maximum absolute atomic E-state index is 5.73. The summed E-state index contributed by atoms with van der Waals surface area (Å²) in [6, 6.07) is 0. The van der Waals surface area contributed by atoms with Crippen LogP contribution >= 0.6 is 0 Å². The van der Waals surface area contributed by atoms with Gasteiger partial charge in [0.1, 0.15) is 5.82 Å². The van der Waals surface area contributed by atoms with Gasteiger partial charge in [0.05, 0.1) is 5.69 Å². The summed E-state index contributed by atoms with van der Waals surface area (Å²) < 4.78 is 0. The number of hydrogen-bond acceptors (Lipinski definition) is 5. The summed E-state index contributed by atoms with van der Waals surface area (Å²) in [5.74, 6) is 1.97. The Labute approximate surface area is 102 Å². The van der Waals surface area contributed by atoms with E-state index in [1.54, 1.807) is 0 Å². The lowest BCUT2D eigenvalue weighted by molar-refractivity contribution is 0.602. The number of hydrogen-bond donors (Lipinski definition) is 3. The molecular weight excluding hydrogens is 214 g/mol. The van der Waals surface area contributed by atoms with Crippen LogP contribution in [0.25, 0.3) is 0 Å². The molecule has 0 amide bonds. The predicted molar refractivity (Wildman–Crippen MR) is 69.8 cm³/mol. The fourth-order valence-electron chi connectivity index (χ4n) is 1.99. The van der Waals surface area contributed by atoms with E-state index in [1.165, 1.54) is 5.56 Å². The maximum atomic E-state index is 5.73. The van der Waals surface area contributed by atoms with Gasteiger partial charge >= 0.3 is 0 Å². The van der Waals surface area contributed by atoms with Crippen molar-refractivity contribution in [1.82, 2.24) is 15.3 Å². The van der Waals surface area contributed by atoms with Crippen LogP contribution in [0.1, 0.15) is 31.5 Å². The van der Waals surface area contributed by atoms with E-state index < -0.39 is 0 Å². The number of nitrogens with two attached hydrogens (primary N) is 1. The average molecular weight is 235 g/mol. The number of fused-ring (bicyclic) bond motifs is 1. The lowest BCUT2D eigenvalue weighted by Crippen LogP contribution is -2.27. The van der Waals surface area contributed by atoms with Crippen LogP contribution in [0.4, 0.5) is 11.8 Å². The second kappa shape index (κ2) is 5.31. The maximum Gasteiger partial charge on any atom is 0.222 e. The molecule has 0 aliphatic carbocycles. The first kappa shape index (κ1) is 12.1. The number of nitrogens with zero attached hydrogens (tertiary/aromatic N) is 2. The van der Waals surface area contributed by atoms with Crippen LogP contribution < -0.4 is 16.4 Å². The Hall–Kier alpha value is -1.36. The van der Waals surface area contributed by atoms with Crippen molar-refractivity contribution in [2.24, 2.45) is 5.92 Å². The molecule has 0 bridgehead atoms. The molecule has 5 nitrogen and oxygen atoms in total. The van der Waals surface area contributed by atoms with E-state index in [0.717, 1.165) is 44.0 Å². The Bertz CT molecular complexity index is 389. The third kappa shape index (κ3) is 3.06. The molecule has 2 heterocycles. The molecule has 2 rings (SSSR count). The highest BCUT2D eigenvalue weighted by atomic mass is 15.1. The van der Waals surface area contributed by atoms with E-state index in [0.29, 0.717) is 11.9 Å².